The minimum absolute atomic E-state index is 0.00139. The fourth-order valence-electron chi connectivity index (χ4n) is 3.70. The van der Waals surface area contributed by atoms with E-state index in [4.69, 9.17) is 23.2 Å². The van der Waals surface area contributed by atoms with E-state index >= 15 is 0 Å². The maximum Gasteiger partial charge on any atom is 0.279 e. The smallest absolute Gasteiger partial charge is 0.279 e. The van der Waals surface area contributed by atoms with Crippen LogP contribution < -0.4 is 10.2 Å². The predicted octanol–water partition coefficient (Wildman–Crippen LogP) is 3.59. The van der Waals surface area contributed by atoms with Crippen molar-refractivity contribution >= 4 is 46.1 Å². The summed E-state index contributed by atoms with van der Waals surface area (Å²) in [4.78, 5) is 15.4. The molecule has 1 aliphatic heterocycles. The van der Waals surface area contributed by atoms with Gasteiger partial charge in [-0.3, -0.25) is 4.79 Å². The van der Waals surface area contributed by atoms with E-state index in [0.29, 0.717) is 28.3 Å². The molecule has 0 spiro atoms. The lowest BCUT2D eigenvalue weighted by Crippen LogP contribution is -3.14. The fourth-order valence-corrected chi connectivity index (χ4v) is 4.97. The number of quaternary nitrogens is 1. The second-order valence-corrected chi connectivity index (χ2v) is 8.38. The van der Waals surface area contributed by atoms with E-state index in [9.17, 15) is 4.79 Å². The van der Waals surface area contributed by atoms with E-state index in [0.717, 1.165) is 18.9 Å². The van der Waals surface area contributed by atoms with Crippen LogP contribution in [0, 0.1) is 5.92 Å². The van der Waals surface area contributed by atoms with E-state index < -0.39 is 0 Å². The van der Waals surface area contributed by atoms with Crippen molar-refractivity contribution in [3.63, 3.8) is 0 Å². The van der Waals surface area contributed by atoms with Crippen molar-refractivity contribution in [3.8, 4) is 0 Å². The Balaban J connectivity index is 1.48. The largest absolute Gasteiger partial charge is 0.320 e. The number of fused-ring (bicyclic) bond motifs is 1. The van der Waals surface area contributed by atoms with Gasteiger partial charge in [0.2, 0.25) is 0 Å². The van der Waals surface area contributed by atoms with Gasteiger partial charge < -0.3 is 10.2 Å². The predicted molar refractivity (Wildman–Crippen MR) is 99.3 cm³/mol. The van der Waals surface area contributed by atoms with Crippen LogP contribution in [0.4, 0.5) is 5.69 Å². The maximum absolute atomic E-state index is 12.6. The van der Waals surface area contributed by atoms with E-state index in [1.54, 1.807) is 18.2 Å². The van der Waals surface area contributed by atoms with E-state index in [1.807, 2.05) is 11.3 Å². The molecule has 1 fully saturated rings. The molecule has 0 saturated heterocycles. The highest BCUT2D eigenvalue weighted by Crippen LogP contribution is 2.42. The molecule has 1 unspecified atom stereocenters. The molecule has 4 rings (SSSR count). The van der Waals surface area contributed by atoms with Gasteiger partial charge in [-0.05, 0) is 36.4 Å². The molecular weight excluding hydrogens is 363 g/mol. The van der Waals surface area contributed by atoms with Crippen molar-refractivity contribution in [2.24, 2.45) is 5.92 Å². The molecule has 2 atom stereocenters. The lowest BCUT2D eigenvalue weighted by Gasteiger charge is -2.32. The zero-order valence-corrected chi connectivity index (χ0v) is 15.5. The molecule has 2 aliphatic rings. The molecule has 6 heteroatoms. The number of rotatable bonds is 4. The van der Waals surface area contributed by atoms with Crippen LogP contribution in [0.5, 0.6) is 0 Å². The molecular formula is C18H19Cl2N2OS+. The molecule has 1 amide bonds. The van der Waals surface area contributed by atoms with E-state index in [1.165, 1.54) is 28.2 Å². The van der Waals surface area contributed by atoms with Crippen LogP contribution in [0.25, 0.3) is 0 Å². The Bertz CT molecular complexity index is 772. The van der Waals surface area contributed by atoms with Gasteiger partial charge >= 0.3 is 0 Å². The summed E-state index contributed by atoms with van der Waals surface area (Å²) in [7, 11) is 0. The number of halogens is 2. The molecule has 126 valence electrons. The Hall–Kier alpha value is -1.07. The van der Waals surface area contributed by atoms with Gasteiger partial charge in [0.05, 0.1) is 22.3 Å². The van der Waals surface area contributed by atoms with Gasteiger partial charge in [-0.15, -0.1) is 11.3 Å². The summed E-state index contributed by atoms with van der Waals surface area (Å²) in [6.45, 7) is 1.49. The van der Waals surface area contributed by atoms with Crippen molar-refractivity contribution < 1.29 is 9.69 Å². The highest BCUT2D eigenvalue weighted by molar-refractivity contribution is 7.10. The highest BCUT2D eigenvalue weighted by atomic mass is 35.5. The SMILES string of the molecule is O=C(C[NH+]1CCc2sccc2[C@@H]1C1CC1)Nc1cccc(Cl)c1Cl. The van der Waals surface area contributed by atoms with Gasteiger partial charge in [0, 0.05) is 22.8 Å². The molecule has 1 saturated carbocycles. The van der Waals surface area contributed by atoms with Crippen LogP contribution in [0.15, 0.2) is 29.6 Å². The maximum atomic E-state index is 12.6. The quantitative estimate of drug-likeness (QED) is 0.833. The Kier molecular flexibility index (Phi) is 4.56. The van der Waals surface area contributed by atoms with Crippen LogP contribution in [0.1, 0.15) is 29.3 Å². The molecule has 2 N–H and O–H groups in total. The third kappa shape index (κ3) is 3.21. The summed E-state index contributed by atoms with van der Waals surface area (Å²) in [5, 5.41) is 5.97. The number of hydrogen-bond acceptors (Lipinski definition) is 2. The number of amides is 1. The molecule has 1 aromatic heterocycles. The molecule has 0 bridgehead atoms. The van der Waals surface area contributed by atoms with Crippen molar-refractivity contribution in [1.29, 1.82) is 0 Å². The van der Waals surface area contributed by atoms with Crippen LogP contribution in [0.3, 0.4) is 0 Å². The average Bonchev–Trinajstić information content (AvgIpc) is 3.28. The van der Waals surface area contributed by atoms with Crippen molar-refractivity contribution in [2.75, 3.05) is 18.4 Å². The van der Waals surface area contributed by atoms with Crippen molar-refractivity contribution in [2.45, 2.75) is 25.3 Å². The molecule has 0 radical (unpaired) electrons. The summed E-state index contributed by atoms with van der Waals surface area (Å²) < 4.78 is 0. The number of anilines is 1. The van der Waals surface area contributed by atoms with Gasteiger partial charge in [0.1, 0.15) is 6.04 Å². The number of carbonyl (C=O) groups excluding carboxylic acids is 1. The molecule has 2 aromatic rings. The van der Waals surface area contributed by atoms with E-state index in [2.05, 4.69) is 16.8 Å². The monoisotopic (exact) mass is 381 g/mol. The summed E-state index contributed by atoms with van der Waals surface area (Å²) >= 11 is 14.0. The molecule has 24 heavy (non-hydrogen) atoms. The van der Waals surface area contributed by atoms with Crippen LogP contribution in [0.2, 0.25) is 10.0 Å². The van der Waals surface area contributed by atoms with Gasteiger partial charge in [-0.25, -0.2) is 0 Å². The second kappa shape index (κ2) is 6.68. The fraction of sp³-hybridized carbons (Fsp3) is 0.389. The van der Waals surface area contributed by atoms with Gasteiger partial charge in [0.15, 0.2) is 6.54 Å². The zero-order valence-electron chi connectivity index (χ0n) is 13.1. The average molecular weight is 382 g/mol. The number of carbonyl (C=O) groups is 1. The molecule has 1 aliphatic carbocycles. The van der Waals surface area contributed by atoms with Crippen LogP contribution in [-0.2, 0) is 11.2 Å². The normalized spacial score (nSPS) is 22.9. The van der Waals surface area contributed by atoms with Crippen molar-refractivity contribution in [1.82, 2.24) is 0 Å². The Morgan fingerprint density at radius 1 is 1.29 bits per heavy atom. The van der Waals surface area contributed by atoms with Gasteiger partial charge in [-0.1, -0.05) is 29.3 Å². The lowest BCUT2D eigenvalue weighted by molar-refractivity contribution is -0.928. The first-order valence-electron chi connectivity index (χ1n) is 8.28. The van der Waals surface area contributed by atoms with Crippen LogP contribution >= 0.6 is 34.5 Å². The van der Waals surface area contributed by atoms with Gasteiger partial charge in [-0.2, -0.15) is 0 Å². The first kappa shape index (κ1) is 16.4. The van der Waals surface area contributed by atoms with Crippen LogP contribution in [-0.4, -0.2) is 19.0 Å². The summed E-state index contributed by atoms with van der Waals surface area (Å²) in [5.74, 6) is 0.731. The second-order valence-electron chi connectivity index (χ2n) is 6.60. The number of hydrogen-bond donors (Lipinski definition) is 2. The lowest BCUT2D eigenvalue weighted by atomic mass is 9.96. The molecule has 3 nitrogen and oxygen atoms in total. The molecule has 2 heterocycles. The number of thiophene rings is 1. The molecule has 1 aromatic carbocycles. The Morgan fingerprint density at radius 2 is 2.12 bits per heavy atom. The summed E-state index contributed by atoms with van der Waals surface area (Å²) in [6, 6.07) is 8.03. The highest BCUT2D eigenvalue weighted by Gasteiger charge is 2.43. The minimum Gasteiger partial charge on any atom is -0.320 e. The number of nitrogens with one attached hydrogen (secondary N) is 2. The van der Waals surface area contributed by atoms with Gasteiger partial charge in [0.25, 0.3) is 5.91 Å². The first-order chi connectivity index (χ1) is 11.6. The summed E-state index contributed by atoms with van der Waals surface area (Å²) in [5.41, 5.74) is 2.06. The third-order valence-electron chi connectivity index (χ3n) is 4.93. The Morgan fingerprint density at radius 3 is 2.92 bits per heavy atom. The Labute approximate surface area is 155 Å². The first-order valence-corrected chi connectivity index (χ1v) is 9.91. The third-order valence-corrected chi connectivity index (χ3v) is 6.75. The standard InChI is InChI=1S/C18H18Cl2N2OS/c19-13-2-1-3-14(17(13)20)21-16(23)10-22-8-6-15-12(7-9-24-15)18(22)11-4-5-11/h1-3,7,9,11,18H,4-6,8,10H2,(H,21,23)/p+1/t18-/m0/s1. The zero-order chi connectivity index (χ0) is 16.7. The van der Waals surface area contributed by atoms with Crippen molar-refractivity contribution in [3.05, 3.63) is 50.1 Å². The number of benzene rings is 1. The van der Waals surface area contributed by atoms with E-state index in [-0.39, 0.29) is 5.91 Å². The minimum atomic E-state index is -0.00139. The topological polar surface area (TPSA) is 33.5 Å². The summed E-state index contributed by atoms with van der Waals surface area (Å²) in [6.07, 6.45) is 3.63.